The lowest BCUT2D eigenvalue weighted by molar-refractivity contribution is -0.134. The number of methoxy groups -OCH3 is 1. The van der Waals surface area contributed by atoms with Gasteiger partial charge in [-0.15, -0.1) is 0 Å². The molecule has 0 fully saturated rings. The maximum Gasteiger partial charge on any atom is 0.323 e. The number of rotatable bonds is 11. The zero-order valence-electron chi connectivity index (χ0n) is 27.9. The summed E-state index contributed by atoms with van der Waals surface area (Å²) in [7, 11) is 3.63. The van der Waals surface area contributed by atoms with Crippen LogP contribution in [0.3, 0.4) is 0 Å². The Balaban J connectivity index is 1.29. The van der Waals surface area contributed by atoms with Crippen molar-refractivity contribution in [3.8, 4) is 23.0 Å². The summed E-state index contributed by atoms with van der Waals surface area (Å²) in [5, 5.41) is 15.7. The van der Waals surface area contributed by atoms with Crippen molar-refractivity contribution in [2.24, 2.45) is 5.92 Å². The van der Waals surface area contributed by atoms with E-state index in [0.29, 0.717) is 48.1 Å². The summed E-state index contributed by atoms with van der Waals surface area (Å²) in [6, 6.07) is 29.3. The third kappa shape index (κ3) is 9.27. The molecule has 0 aromatic heterocycles. The number of amides is 3. The Kier molecular flexibility index (Phi) is 11.5. The molecule has 0 saturated carbocycles. The first-order valence-corrected chi connectivity index (χ1v) is 16.1. The second-order valence-electron chi connectivity index (χ2n) is 12.3. The van der Waals surface area contributed by atoms with E-state index in [4.69, 9.17) is 14.2 Å². The maximum absolute atomic E-state index is 13.6. The first kappa shape index (κ1) is 34.3. The molecule has 0 saturated heterocycles. The van der Waals surface area contributed by atoms with Crippen molar-refractivity contribution in [1.29, 1.82) is 0 Å². The second-order valence-corrected chi connectivity index (χ2v) is 12.3. The van der Waals surface area contributed by atoms with Gasteiger partial charge in [0.1, 0.15) is 29.1 Å². The molecule has 10 heteroatoms. The Hall–Kier alpha value is -5.06. The van der Waals surface area contributed by atoms with E-state index in [1.54, 1.807) is 48.4 Å². The quantitative estimate of drug-likeness (QED) is 0.172. The van der Waals surface area contributed by atoms with E-state index in [-0.39, 0.29) is 37.0 Å². The molecule has 1 heterocycles. The number of benzene rings is 4. The first-order valence-electron chi connectivity index (χ1n) is 16.1. The van der Waals surface area contributed by atoms with Gasteiger partial charge in [0.05, 0.1) is 26.2 Å². The number of carbonyl (C=O) groups is 2. The van der Waals surface area contributed by atoms with E-state index in [9.17, 15) is 14.7 Å². The molecule has 5 rings (SSSR count). The smallest absolute Gasteiger partial charge is 0.323 e. The van der Waals surface area contributed by atoms with E-state index in [1.807, 2.05) is 62.5 Å². The summed E-state index contributed by atoms with van der Waals surface area (Å²) in [6.45, 7) is 5.50. The summed E-state index contributed by atoms with van der Waals surface area (Å²) in [4.78, 5) is 30.3. The van der Waals surface area contributed by atoms with Crippen molar-refractivity contribution in [2.45, 2.75) is 39.0 Å². The average Bonchev–Trinajstić information content (AvgIpc) is 3.13. The summed E-state index contributed by atoms with van der Waals surface area (Å²) in [5.74, 6) is 2.69. The average molecular weight is 653 g/mol. The minimum Gasteiger partial charge on any atom is -0.497 e. The number of nitrogens with zero attached hydrogens (tertiary/aromatic N) is 2. The van der Waals surface area contributed by atoms with Crippen LogP contribution in [0.15, 0.2) is 97.1 Å². The highest BCUT2D eigenvalue weighted by Gasteiger charge is 2.31. The van der Waals surface area contributed by atoms with E-state index < -0.39 is 6.03 Å². The van der Waals surface area contributed by atoms with Gasteiger partial charge in [-0.05, 0) is 86.3 Å². The van der Waals surface area contributed by atoms with Crippen LogP contribution in [0, 0.1) is 5.92 Å². The molecule has 3 atom stereocenters. The Labute approximate surface area is 282 Å². The molecule has 48 heavy (non-hydrogen) atoms. The number of para-hydroxylation sites is 1. The molecule has 0 spiro atoms. The molecule has 1 aliphatic rings. The van der Waals surface area contributed by atoms with Crippen molar-refractivity contribution in [3.05, 3.63) is 108 Å². The first-order chi connectivity index (χ1) is 23.2. The predicted molar refractivity (Wildman–Crippen MR) is 187 cm³/mol. The molecule has 0 bridgehead atoms. The lowest BCUT2D eigenvalue weighted by atomic mass is 10.0. The van der Waals surface area contributed by atoms with Gasteiger partial charge in [-0.1, -0.05) is 37.3 Å². The van der Waals surface area contributed by atoms with E-state index in [0.717, 1.165) is 17.1 Å². The summed E-state index contributed by atoms with van der Waals surface area (Å²) in [6.07, 6.45) is -0.187. The fraction of sp³-hybridized carbons (Fsp3) is 0.316. The van der Waals surface area contributed by atoms with E-state index >= 15 is 0 Å². The van der Waals surface area contributed by atoms with Crippen molar-refractivity contribution in [1.82, 2.24) is 9.80 Å². The summed E-state index contributed by atoms with van der Waals surface area (Å²) < 4.78 is 17.8. The van der Waals surface area contributed by atoms with Crippen molar-refractivity contribution in [3.63, 3.8) is 0 Å². The highest BCUT2D eigenvalue weighted by molar-refractivity contribution is 6.00. The fourth-order valence-electron chi connectivity index (χ4n) is 5.66. The molecule has 0 aliphatic carbocycles. The van der Waals surface area contributed by atoms with Crippen LogP contribution in [0.1, 0.15) is 25.0 Å². The molecule has 3 amide bonds. The molecule has 3 N–H and O–H groups in total. The van der Waals surface area contributed by atoms with Crippen LogP contribution in [0.4, 0.5) is 16.2 Å². The maximum atomic E-state index is 13.6. The second kappa shape index (κ2) is 16.2. The Bertz CT molecular complexity index is 1650. The van der Waals surface area contributed by atoms with E-state index in [2.05, 4.69) is 34.6 Å². The van der Waals surface area contributed by atoms with Gasteiger partial charge < -0.3 is 34.9 Å². The predicted octanol–water partition coefficient (Wildman–Crippen LogP) is 6.41. The van der Waals surface area contributed by atoms with Crippen molar-refractivity contribution < 1.29 is 28.9 Å². The number of ether oxygens (including phenoxy) is 3. The Morgan fingerprint density at radius 1 is 0.958 bits per heavy atom. The van der Waals surface area contributed by atoms with Crippen LogP contribution in [0.2, 0.25) is 0 Å². The molecular formula is C38H44N4O6. The van der Waals surface area contributed by atoms with Crippen LogP contribution >= 0.6 is 0 Å². The van der Waals surface area contributed by atoms with Gasteiger partial charge in [0.25, 0.3) is 0 Å². The van der Waals surface area contributed by atoms with Crippen LogP contribution in [0.25, 0.3) is 0 Å². The highest BCUT2D eigenvalue weighted by atomic mass is 16.5. The zero-order valence-corrected chi connectivity index (χ0v) is 27.9. The molecular weight excluding hydrogens is 608 g/mol. The van der Waals surface area contributed by atoms with Crippen molar-refractivity contribution >= 4 is 23.3 Å². The fourth-order valence-corrected chi connectivity index (χ4v) is 5.66. The minimum atomic E-state index is -0.418. The lowest BCUT2D eigenvalue weighted by Crippen LogP contribution is -2.47. The molecule has 252 valence electrons. The standard InChI is InChI=1S/C38H44N4O6/c1-26-22-42(27(2)25-43)37(44)21-29-20-31(40-38(45)39-30-12-17-32(46-4)18-13-30)14-19-35(29)48-36(26)24-41(3)23-28-10-15-34(16-11-28)47-33-8-6-5-7-9-33/h5-20,26-27,36,43H,21-25H2,1-4H3,(H2,39,40,45)/t26-,27-,36+/m1/s1. The van der Waals surface area contributed by atoms with Crippen LogP contribution < -0.4 is 24.8 Å². The van der Waals surface area contributed by atoms with Gasteiger partial charge in [-0.2, -0.15) is 0 Å². The number of carbonyl (C=O) groups excluding carboxylic acids is 2. The Morgan fingerprint density at radius 2 is 1.60 bits per heavy atom. The topological polar surface area (TPSA) is 113 Å². The number of likely N-dealkylation sites (N-methyl/N-ethyl adjacent to an activating group) is 1. The monoisotopic (exact) mass is 652 g/mol. The molecule has 10 nitrogen and oxygen atoms in total. The van der Waals surface area contributed by atoms with Gasteiger partial charge in [0.15, 0.2) is 0 Å². The third-order valence-electron chi connectivity index (χ3n) is 8.37. The largest absolute Gasteiger partial charge is 0.497 e. The molecule has 0 unspecified atom stereocenters. The third-order valence-corrected chi connectivity index (χ3v) is 8.37. The van der Waals surface area contributed by atoms with Crippen LogP contribution in [-0.2, 0) is 17.8 Å². The van der Waals surface area contributed by atoms with Crippen molar-refractivity contribution in [2.75, 3.05) is 44.5 Å². The summed E-state index contributed by atoms with van der Waals surface area (Å²) >= 11 is 0. The molecule has 0 radical (unpaired) electrons. The van der Waals surface area contributed by atoms with Crippen LogP contribution in [-0.4, -0.2) is 72.8 Å². The molecule has 4 aromatic carbocycles. The number of urea groups is 1. The molecule has 1 aliphatic heterocycles. The highest BCUT2D eigenvalue weighted by Crippen LogP contribution is 2.30. The van der Waals surface area contributed by atoms with Gasteiger partial charge in [-0.25, -0.2) is 4.79 Å². The SMILES string of the molecule is COc1ccc(NC(=O)Nc2ccc3c(c2)CC(=O)N([C@H](C)CO)C[C@@H](C)[C@H](CN(C)Cc2ccc(Oc4ccccc4)cc2)O3)cc1. The molecule has 4 aromatic rings. The van der Waals surface area contributed by atoms with Gasteiger partial charge >= 0.3 is 6.03 Å². The lowest BCUT2D eigenvalue weighted by Gasteiger charge is -2.34. The summed E-state index contributed by atoms with van der Waals surface area (Å²) in [5.41, 5.74) is 2.93. The number of nitrogens with one attached hydrogen (secondary N) is 2. The van der Waals surface area contributed by atoms with E-state index in [1.165, 1.54) is 0 Å². The number of hydrogen-bond acceptors (Lipinski definition) is 7. The minimum absolute atomic E-state index is 0.0360. The number of hydrogen-bond donors (Lipinski definition) is 3. The van der Waals surface area contributed by atoms with Gasteiger partial charge in [-0.3, -0.25) is 9.69 Å². The number of anilines is 2. The zero-order chi connectivity index (χ0) is 34.0. The number of fused-ring (bicyclic) bond motifs is 1. The number of aliphatic hydroxyl groups is 1. The van der Waals surface area contributed by atoms with Gasteiger partial charge in [0.2, 0.25) is 5.91 Å². The number of aliphatic hydroxyl groups excluding tert-OH is 1. The van der Waals surface area contributed by atoms with Crippen LogP contribution in [0.5, 0.6) is 23.0 Å². The van der Waals surface area contributed by atoms with Gasteiger partial charge in [0, 0.05) is 42.5 Å². The Morgan fingerprint density at radius 3 is 2.29 bits per heavy atom. The normalized spacial score (nSPS) is 16.9.